The van der Waals surface area contributed by atoms with Crippen molar-refractivity contribution in [3.05, 3.63) is 66.1 Å². The molecule has 1 fully saturated rings. The normalized spacial score (nSPS) is 17.3. The number of ether oxygens (including phenoxy) is 1. The monoisotopic (exact) mass is 348 g/mol. The van der Waals surface area contributed by atoms with Gasteiger partial charge in [0.15, 0.2) is 11.5 Å². The van der Waals surface area contributed by atoms with Gasteiger partial charge >= 0.3 is 0 Å². The van der Waals surface area contributed by atoms with E-state index in [4.69, 9.17) is 4.74 Å². The highest BCUT2D eigenvalue weighted by Gasteiger charge is 2.32. The average molecular weight is 348 g/mol. The third-order valence-corrected chi connectivity index (χ3v) is 4.71. The number of aromatic nitrogens is 3. The Hall–Kier alpha value is -3.15. The van der Waals surface area contributed by atoms with E-state index in [0.717, 1.165) is 42.2 Å². The van der Waals surface area contributed by atoms with E-state index in [9.17, 15) is 4.79 Å². The first-order valence-corrected chi connectivity index (χ1v) is 8.68. The summed E-state index contributed by atoms with van der Waals surface area (Å²) < 4.78 is 7.11. The number of methoxy groups -OCH3 is 1. The summed E-state index contributed by atoms with van der Waals surface area (Å²) in [5, 5.41) is 8.54. The Morgan fingerprint density at radius 2 is 2.04 bits per heavy atom. The number of nitrogens with zero attached hydrogens (tertiary/aromatic N) is 4. The molecule has 1 atom stereocenters. The van der Waals surface area contributed by atoms with Crippen molar-refractivity contribution in [3.63, 3.8) is 0 Å². The SMILES string of the molecule is COc1ccc(C=CC(=O)N2CCCC2c2nnc3ccccn23)cc1. The van der Waals surface area contributed by atoms with Crippen LogP contribution >= 0.6 is 0 Å². The molecule has 132 valence electrons. The summed E-state index contributed by atoms with van der Waals surface area (Å²) in [6.45, 7) is 0.734. The van der Waals surface area contributed by atoms with Crippen LogP contribution in [-0.2, 0) is 4.79 Å². The summed E-state index contributed by atoms with van der Waals surface area (Å²) in [7, 11) is 1.63. The number of rotatable bonds is 4. The second kappa shape index (κ2) is 7.00. The van der Waals surface area contributed by atoms with Gasteiger partial charge in [0.1, 0.15) is 5.75 Å². The first-order chi connectivity index (χ1) is 12.8. The van der Waals surface area contributed by atoms with Crippen LogP contribution in [0.3, 0.4) is 0 Å². The number of hydrogen-bond donors (Lipinski definition) is 0. The quantitative estimate of drug-likeness (QED) is 0.680. The number of hydrogen-bond acceptors (Lipinski definition) is 4. The van der Waals surface area contributed by atoms with Crippen molar-refractivity contribution in [2.24, 2.45) is 0 Å². The lowest BCUT2D eigenvalue weighted by molar-refractivity contribution is -0.127. The summed E-state index contributed by atoms with van der Waals surface area (Å²) >= 11 is 0. The van der Waals surface area contributed by atoms with E-state index >= 15 is 0 Å². The predicted octanol–water partition coefficient (Wildman–Crippen LogP) is 3.11. The van der Waals surface area contributed by atoms with Gasteiger partial charge in [0.25, 0.3) is 0 Å². The van der Waals surface area contributed by atoms with Crippen LogP contribution in [0.2, 0.25) is 0 Å². The van der Waals surface area contributed by atoms with E-state index in [2.05, 4.69) is 10.2 Å². The Kier molecular flexibility index (Phi) is 4.39. The van der Waals surface area contributed by atoms with Crippen molar-refractivity contribution >= 4 is 17.6 Å². The molecule has 0 N–H and O–H groups in total. The molecule has 6 nitrogen and oxygen atoms in total. The van der Waals surface area contributed by atoms with Gasteiger partial charge in [0.05, 0.1) is 13.2 Å². The maximum atomic E-state index is 12.7. The number of carbonyl (C=O) groups is 1. The molecule has 3 aromatic rings. The van der Waals surface area contributed by atoms with Crippen LogP contribution < -0.4 is 4.74 Å². The molecule has 0 aliphatic carbocycles. The number of fused-ring (bicyclic) bond motifs is 1. The van der Waals surface area contributed by atoms with Gasteiger partial charge in [-0.25, -0.2) is 0 Å². The Bertz CT molecular complexity index is 946. The second-order valence-electron chi connectivity index (χ2n) is 6.28. The third-order valence-electron chi connectivity index (χ3n) is 4.71. The average Bonchev–Trinajstić information content (AvgIpc) is 3.33. The van der Waals surface area contributed by atoms with Gasteiger partial charge in [0, 0.05) is 18.8 Å². The van der Waals surface area contributed by atoms with Crippen LogP contribution in [0.5, 0.6) is 5.75 Å². The minimum atomic E-state index is -0.0413. The van der Waals surface area contributed by atoms with Crippen molar-refractivity contribution in [2.45, 2.75) is 18.9 Å². The fourth-order valence-corrected chi connectivity index (χ4v) is 3.36. The van der Waals surface area contributed by atoms with E-state index in [1.165, 1.54) is 0 Å². The zero-order valence-corrected chi connectivity index (χ0v) is 14.6. The zero-order valence-electron chi connectivity index (χ0n) is 14.6. The number of likely N-dealkylation sites (tertiary alicyclic amines) is 1. The lowest BCUT2D eigenvalue weighted by atomic mass is 10.2. The van der Waals surface area contributed by atoms with Crippen molar-refractivity contribution in [1.29, 1.82) is 0 Å². The summed E-state index contributed by atoms with van der Waals surface area (Å²) in [6, 6.07) is 13.4. The van der Waals surface area contributed by atoms with Crippen molar-refractivity contribution < 1.29 is 9.53 Å². The molecule has 1 aromatic carbocycles. The topological polar surface area (TPSA) is 59.7 Å². The molecule has 1 amide bonds. The fraction of sp³-hybridized carbons (Fsp3) is 0.250. The molecule has 0 spiro atoms. The number of benzene rings is 1. The summed E-state index contributed by atoms with van der Waals surface area (Å²) in [5.41, 5.74) is 1.76. The maximum Gasteiger partial charge on any atom is 0.247 e. The van der Waals surface area contributed by atoms with E-state index in [1.807, 2.05) is 64.0 Å². The Morgan fingerprint density at radius 1 is 1.19 bits per heavy atom. The first kappa shape index (κ1) is 16.3. The van der Waals surface area contributed by atoms with E-state index in [0.29, 0.717) is 0 Å². The largest absolute Gasteiger partial charge is 0.497 e. The maximum absolute atomic E-state index is 12.7. The van der Waals surface area contributed by atoms with Crippen LogP contribution in [0.25, 0.3) is 11.7 Å². The van der Waals surface area contributed by atoms with Gasteiger partial charge < -0.3 is 9.64 Å². The Labute approximate surface area is 151 Å². The molecule has 4 rings (SSSR count). The minimum absolute atomic E-state index is 0.00370. The minimum Gasteiger partial charge on any atom is -0.497 e. The Morgan fingerprint density at radius 3 is 2.85 bits per heavy atom. The summed E-state index contributed by atoms with van der Waals surface area (Å²) in [6.07, 6.45) is 7.27. The molecular weight excluding hydrogens is 328 g/mol. The molecule has 1 unspecified atom stereocenters. The summed E-state index contributed by atoms with van der Waals surface area (Å²) in [5.74, 6) is 1.62. The highest BCUT2D eigenvalue weighted by Crippen LogP contribution is 2.31. The highest BCUT2D eigenvalue weighted by atomic mass is 16.5. The molecule has 1 aliphatic heterocycles. The van der Waals surface area contributed by atoms with Gasteiger partial charge in [-0.2, -0.15) is 0 Å². The van der Waals surface area contributed by atoms with E-state index in [-0.39, 0.29) is 11.9 Å². The lowest BCUT2D eigenvalue weighted by Crippen LogP contribution is -2.30. The van der Waals surface area contributed by atoms with Crippen LogP contribution in [0, 0.1) is 0 Å². The molecule has 26 heavy (non-hydrogen) atoms. The van der Waals surface area contributed by atoms with Crippen LogP contribution in [-0.4, -0.2) is 39.1 Å². The molecule has 2 aromatic heterocycles. The number of carbonyl (C=O) groups excluding carboxylic acids is 1. The van der Waals surface area contributed by atoms with Crippen molar-refractivity contribution in [3.8, 4) is 5.75 Å². The molecular formula is C20H20N4O2. The predicted molar refractivity (Wildman–Crippen MR) is 98.7 cm³/mol. The molecule has 1 saturated heterocycles. The standard InChI is InChI=1S/C20H20N4O2/c1-26-16-10-7-15(8-11-16)9-12-19(25)23-14-4-5-17(23)20-22-21-18-6-2-3-13-24(18)20/h2-3,6-13,17H,4-5,14H2,1H3. The van der Waals surface area contributed by atoms with Gasteiger partial charge in [0.2, 0.25) is 5.91 Å². The van der Waals surface area contributed by atoms with Gasteiger partial charge in [-0.1, -0.05) is 18.2 Å². The molecule has 0 saturated carbocycles. The zero-order chi connectivity index (χ0) is 17.9. The van der Waals surface area contributed by atoms with Gasteiger partial charge in [-0.15, -0.1) is 10.2 Å². The van der Waals surface area contributed by atoms with E-state index < -0.39 is 0 Å². The van der Waals surface area contributed by atoms with Crippen LogP contribution in [0.15, 0.2) is 54.7 Å². The molecule has 1 aliphatic rings. The van der Waals surface area contributed by atoms with E-state index in [1.54, 1.807) is 13.2 Å². The van der Waals surface area contributed by atoms with Crippen LogP contribution in [0.1, 0.15) is 30.3 Å². The number of amides is 1. The van der Waals surface area contributed by atoms with Crippen molar-refractivity contribution in [2.75, 3.05) is 13.7 Å². The third kappa shape index (κ3) is 3.06. The molecule has 0 bridgehead atoms. The van der Waals surface area contributed by atoms with Gasteiger partial charge in [-0.3, -0.25) is 9.20 Å². The first-order valence-electron chi connectivity index (χ1n) is 8.68. The van der Waals surface area contributed by atoms with Gasteiger partial charge in [-0.05, 0) is 48.7 Å². The molecule has 6 heteroatoms. The van der Waals surface area contributed by atoms with Crippen LogP contribution in [0.4, 0.5) is 0 Å². The highest BCUT2D eigenvalue weighted by molar-refractivity contribution is 5.92. The molecule has 3 heterocycles. The Balaban J connectivity index is 1.54. The summed E-state index contributed by atoms with van der Waals surface area (Å²) in [4.78, 5) is 14.6. The smallest absolute Gasteiger partial charge is 0.247 e. The molecule has 0 radical (unpaired) electrons. The number of pyridine rings is 1. The lowest BCUT2D eigenvalue weighted by Gasteiger charge is -2.22. The second-order valence-corrected chi connectivity index (χ2v) is 6.28. The van der Waals surface area contributed by atoms with Crippen molar-refractivity contribution in [1.82, 2.24) is 19.5 Å². The fourth-order valence-electron chi connectivity index (χ4n) is 3.36.